The van der Waals surface area contributed by atoms with Crippen molar-refractivity contribution >= 4 is 0 Å². The molecule has 0 bridgehead atoms. The van der Waals surface area contributed by atoms with Crippen LogP contribution in [0.3, 0.4) is 0 Å². The van der Waals surface area contributed by atoms with E-state index in [-0.39, 0.29) is 0 Å². The standard InChI is InChI=1S/C13H24/c1-4-8-13(9-5-2)10-6-12(3)7-11-13/h3-11H2,1-2H3. The summed E-state index contributed by atoms with van der Waals surface area (Å²) in [6.45, 7) is 8.74. The van der Waals surface area contributed by atoms with Crippen molar-refractivity contribution in [3.05, 3.63) is 12.2 Å². The molecule has 0 atom stereocenters. The molecule has 13 heavy (non-hydrogen) atoms. The molecular formula is C13H24. The van der Waals surface area contributed by atoms with Crippen molar-refractivity contribution in [3.63, 3.8) is 0 Å². The van der Waals surface area contributed by atoms with E-state index in [1.165, 1.54) is 56.9 Å². The molecule has 0 spiro atoms. The third-order valence-electron chi connectivity index (χ3n) is 3.58. The van der Waals surface area contributed by atoms with Crippen molar-refractivity contribution in [1.29, 1.82) is 0 Å². The second-order valence-corrected chi connectivity index (χ2v) is 4.75. The van der Waals surface area contributed by atoms with Crippen molar-refractivity contribution in [2.45, 2.75) is 65.2 Å². The topological polar surface area (TPSA) is 0 Å². The van der Waals surface area contributed by atoms with Gasteiger partial charge in [-0.1, -0.05) is 38.8 Å². The Kier molecular flexibility index (Phi) is 4.02. The van der Waals surface area contributed by atoms with Crippen LogP contribution < -0.4 is 0 Å². The van der Waals surface area contributed by atoms with Gasteiger partial charge in [0.05, 0.1) is 0 Å². The fourth-order valence-electron chi connectivity index (χ4n) is 2.82. The monoisotopic (exact) mass is 180 g/mol. The molecule has 1 saturated carbocycles. The SMILES string of the molecule is C=C1CCC(CCC)(CCC)CC1. The van der Waals surface area contributed by atoms with E-state index in [0.717, 1.165) is 0 Å². The molecule has 0 aliphatic heterocycles. The molecule has 0 aromatic rings. The predicted molar refractivity (Wildman–Crippen MR) is 59.9 cm³/mol. The summed E-state index contributed by atoms with van der Waals surface area (Å²) >= 11 is 0. The minimum absolute atomic E-state index is 0.699. The van der Waals surface area contributed by atoms with Gasteiger partial charge in [-0.3, -0.25) is 0 Å². The zero-order chi connectivity index (χ0) is 9.73. The van der Waals surface area contributed by atoms with Gasteiger partial charge in [0.15, 0.2) is 0 Å². The fraction of sp³-hybridized carbons (Fsp3) is 0.846. The van der Waals surface area contributed by atoms with E-state index in [1.54, 1.807) is 0 Å². The van der Waals surface area contributed by atoms with Crippen LogP contribution in [0.4, 0.5) is 0 Å². The Morgan fingerprint density at radius 2 is 1.54 bits per heavy atom. The Bertz CT molecular complexity index is 149. The van der Waals surface area contributed by atoms with Gasteiger partial charge in [0.25, 0.3) is 0 Å². The minimum Gasteiger partial charge on any atom is -0.0999 e. The molecule has 0 aromatic heterocycles. The Balaban J connectivity index is 2.51. The lowest BCUT2D eigenvalue weighted by atomic mass is 9.68. The van der Waals surface area contributed by atoms with E-state index in [4.69, 9.17) is 0 Å². The van der Waals surface area contributed by atoms with Crippen molar-refractivity contribution < 1.29 is 0 Å². The van der Waals surface area contributed by atoms with E-state index >= 15 is 0 Å². The van der Waals surface area contributed by atoms with Crippen LogP contribution in [0.15, 0.2) is 12.2 Å². The van der Waals surface area contributed by atoms with E-state index in [9.17, 15) is 0 Å². The zero-order valence-electron chi connectivity index (χ0n) is 9.36. The van der Waals surface area contributed by atoms with Gasteiger partial charge >= 0.3 is 0 Å². The van der Waals surface area contributed by atoms with Crippen molar-refractivity contribution in [2.24, 2.45) is 5.41 Å². The number of allylic oxidation sites excluding steroid dienone is 1. The maximum Gasteiger partial charge on any atom is -0.0292 e. The zero-order valence-corrected chi connectivity index (χ0v) is 9.36. The lowest BCUT2D eigenvalue weighted by Gasteiger charge is -2.38. The van der Waals surface area contributed by atoms with E-state index in [1.807, 2.05) is 0 Å². The van der Waals surface area contributed by atoms with Crippen LogP contribution in [-0.4, -0.2) is 0 Å². The van der Waals surface area contributed by atoms with Gasteiger partial charge in [0.2, 0.25) is 0 Å². The first-order chi connectivity index (χ1) is 6.22. The quantitative estimate of drug-likeness (QED) is 0.550. The fourth-order valence-corrected chi connectivity index (χ4v) is 2.82. The Morgan fingerprint density at radius 1 is 1.08 bits per heavy atom. The van der Waals surface area contributed by atoms with E-state index in [0.29, 0.717) is 5.41 Å². The Hall–Kier alpha value is -0.260. The molecule has 0 nitrogen and oxygen atoms in total. The maximum absolute atomic E-state index is 4.10. The molecule has 0 heterocycles. The van der Waals surface area contributed by atoms with Crippen LogP contribution in [-0.2, 0) is 0 Å². The first kappa shape index (κ1) is 10.8. The predicted octanol–water partition coefficient (Wildman–Crippen LogP) is 4.70. The largest absolute Gasteiger partial charge is 0.0999 e. The molecule has 76 valence electrons. The lowest BCUT2D eigenvalue weighted by molar-refractivity contribution is 0.176. The van der Waals surface area contributed by atoms with E-state index < -0.39 is 0 Å². The molecule has 0 heteroatoms. The van der Waals surface area contributed by atoms with Crippen LogP contribution in [0.5, 0.6) is 0 Å². The summed E-state index contributed by atoms with van der Waals surface area (Å²) in [5.41, 5.74) is 2.19. The molecule has 1 aliphatic carbocycles. The van der Waals surface area contributed by atoms with Crippen molar-refractivity contribution in [1.82, 2.24) is 0 Å². The van der Waals surface area contributed by atoms with Gasteiger partial charge in [-0.2, -0.15) is 0 Å². The number of hydrogen-bond donors (Lipinski definition) is 0. The van der Waals surface area contributed by atoms with Gasteiger partial charge in [-0.25, -0.2) is 0 Å². The summed E-state index contributed by atoms with van der Waals surface area (Å²) in [6.07, 6.45) is 11.0. The number of hydrogen-bond acceptors (Lipinski definition) is 0. The minimum atomic E-state index is 0.699. The summed E-state index contributed by atoms with van der Waals surface area (Å²) in [6, 6.07) is 0. The van der Waals surface area contributed by atoms with Gasteiger partial charge < -0.3 is 0 Å². The average molecular weight is 180 g/mol. The third kappa shape index (κ3) is 2.86. The van der Waals surface area contributed by atoms with Gasteiger partial charge in [-0.15, -0.1) is 0 Å². The van der Waals surface area contributed by atoms with Gasteiger partial charge in [0, 0.05) is 0 Å². The van der Waals surface area contributed by atoms with Crippen LogP contribution in [0.2, 0.25) is 0 Å². The molecule has 0 aromatic carbocycles. The molecule has 0 N–H and O–H groups in total. The van der Waals surface area contributed by atoms with Crippen molar-refractivity contribution in [2.75, 3.05) is 0 Å². The third-order valence-corrected chi connectivity index (χ3v) is 3.58. The summed E-state index contributed by atoms with van der Waals surface area (Å²) in [4.78, 5) is 0. The van der Waals surface area contributed by atoms with Crippen LogP contribution in [0, 0.1) is 5.41 Å². The van der Waals surface area contributed by atoms with Crippen molar-refractivity contribution in [3.8, 4) is 0 Å². The molecular weight excluding hydrogens is 156 g/mol. The molecule has 0 amide bonds. The van der Waals surface area contributed by atoms with Gasteiger partial charge in [-0.05, 0) is 43.9 Å². The summed E-state index contributed by atoms with van der Waals surface area (Å²) in [7, 11) is 0. The first-order valence-electron chi connectivity index (χ1n) is 5.89. The van der Waals surface area contributed by atoms with Crippen LogP contribution in [0.1, 0.15) is 65.2 Å². The lowest BCUT2D eigenvalue weighted by Crippen LogP contribution is -2.24. The van der Waals surface area contributed by atoms with Crippen LogP contribution >= 0.6 is 0 Å². The smallest absolute Gasteiger partial charge is 0.0292 e. The Labute approximate surface area is 83.4 Å². The summed E-state index contributed by atoms with van der Waals surface area (Å²) in [5, 5.41) is 0. The molecule has 0 unspecified atom stereocenters. The van der Waals surface area contributed by atoms with Gasteiger partial charge in [0.1, 0.15) is 0 Å². The number of rotatable bonds is 4. The molecule has 1 rings (SSSR count). The first-order valence-corrected chi connectivity index (χ1v) is 5.89. The normalized spacial score (nSPS) is 21.8. The highest BCUT2D eigenvalue weighted by atomic mass is 14.4. The summed E-state index contributed by atoms with van der Waals surface area (Å²) < 4.78 is 0. The molecule has 1 fully saturated rings. The highest BCUT2D eigenvalue weighted by molar-refractivity contribution is 5.02. The maximum atomic E-state index is 4.10. The molecule has 1 aliphatic rings. The molecule has 0 saturated heterocycles. The highest BCUT2D eigenvalue weighted by Crippen LogP contribution is 2.45. The highest BCUT2D eigenvalue weighted by Gasteiger charge is 2.30. The average Bonchev–Trinajstić information content (AvgIpc) is 2.11. The second-order valence-electron chi connectivity index (χ2n) is 4.75. The Morgan fingerprint density at radius 3 is 1.92 bits per heavy atom. The summed E-state index contributed by atoms with van der Waals surface area (Å²) in [5.74, 6) is 0. The molecule has 0 radical (unpaired) electrons. The second kappa shape index (κ2) is 4.83. The van der Waals surface area contributed by atoms with Crippen LogP contribution in [0.25, 0.3) is 0 Å². The van der Waals surface area contributed by atoms with E-state index in [2.05, 4.69) is 20.4 Å².